The molecule has 1 aromatic carbocycles. The van der Waals surface area contributed by atoms with Gasteiger partial charge in [0.05, 0.1) is 12.2 Å². The molecule has 0 atom stereocenters. The highest BCUT2D eigenvalue weighted by molar-refractivity contribution is 5.85. The van der Waals surface area contributed by atoms with E-state index >= 15 is 0 Å². The van der Waals surface area contributed by atoms with Gasteiger partial charge in [0.1, 0.15) is 0 Å². The molecule has 0 bridgehead atoms. The average molecular weight is 270 g/mol. The van der Waals surface area contributed by atoms with E-state index in [9.17, 15) is 9.59 Å². The van der Waals surface area contributed by atoms with Crippen molar-refractivity contribution in [2.24, 2.45) is 0 Å². The van der Waals surface area contributed by atoms with E-state index in [2.05, 4.69) is 5.10 Å². The van der Waals surface area contributed by atoms with Crippen LogP contribution < -0.4 is 5.56 Å². The fraction of sp³-hybridized carbons (Fsp3) is 0.133. The van der Waals surface area contributed by atoms with E-state index in [1.165, 1.54) is 16.8 Å². The number of benzene rings is 1. The highest BCUT2D eigenvalue weighted by Crippen LogP contribution is 2.11. The SMILES string of the molecule is Cc1ccc(=O)n(Cc2ccccc2C=CC(=O)O)n1. The molecule has 20 heavy (non-hydrogen) atoms. The number of rotatable bonds is 4. The Labute approximate surface area is 115 Å². The van der Waals surface area contributed by atoms with Gasteiger partial charge in [-0.3, -0.25) is 4.79 Å². The van der Waals surface area contributed by atoms with E-state index in [1.807, 2.05) is 25.1 Å². The summed E-state index contributed by atoms with van der Waals surface area (Å²) in [6, 6.07) is 10.4. The van der Waals surface area contributed by atoms with E-state index < -0.39 is 5.97 Å². The normalized spacial score (nSPS) is 10.8. The number of carboxylic acid groups (broad SMARTS) is 1. The first kappa shape index (κ1) is 13.7. The minimum absolute atomic E-state index is 0.187. The molecule has 1 N–H and O–H groups in total. The van der Waals surface area contributed by atoms with Gasteiger partial charge in [0, 0.05) is 12.1 Å². The monoisotopic (exact) mass is 270 g/mol. The number of aryl methyl sites for hydroxylation is 1. The molecular formula is C15H14N2O3. The van der Waals surface area contributed by atoms with E-state index in [0.717, 1.165) is 22.9 Å². The van der Waals surface area contributed by atoms with Gasteiger partial charge in [-0.25, -0.2) is 9.48 Å². The molecule has 2 aromatic rings. The van der Waals surface area contributed by atoms with Crippen LogP contribution in [0, 0.1) is 6.92 Å². The van der Waals surface area contributed by atoms with E-state index in [4.69, 9.17) is 5.11 Å². The third-order valence-electron chi connectivity index (χ3n) is 2.78. The van der Waals surface area contributed by atoms with Crippen molar-refractivity contribution in [1.29, 1.82) is 0 Å². The molecule has 0 fully saturated rings. The number of carbonyl (C=O) groups is 1. The molecule has 1 aromatic heterocycles. The van der Waals surface area contributed by atoms with Crippen molar-refractivity contribution in [3.05, 3.63) is 69.6 Å². The summed E-state index contributed by atoms with van der Waals surface area (Å²) in [5.41, 5.74) is 2.16. The molecule has 5 nitrogen and oxygen atoms in total. The van der Waals surface area contributed by atoms with Crippen LogP contribution in [0.1, 0.15) is 16.8 Å². The Hall–Kier alpha value is -2.69. The Morgan fingerprint density at radius 1 is 1.30 bits per heavy atom. The van der Waals surface area contributed by atoms with Crippen LogP contribution in [0.3, 0.4) is 0 Å². The number of carboxylic acids is 1. The Morgan fingerprint density at radius 2 is 2.05 bits per heavy atom. The van der Waals surface area contributed by atoms with E-state index in [0.29, 0.717) is 6.54 Å². The highest BCUT2D eigenvalue weighted by Gasteiger charge is 2.03. The first-order valence-electron chi connectivity index (χ1n) is 6.10. The third-order valence-corrected chi connectivity index (χ3v) is 2.78. The quantitative estimate of drug-likeness (QED) is 0.858. The highest BCUT2D eigenvalue weighted by atomic mass is 16.4. The number of aliphatic carboxylic acids is 1. The summed E-state index contributed by atoms with van der Waals surface area (Å²) in [6.45, 7) is 2.12. The maximum atomic E-state index is 11.7. The van der Waals surface area contributed by atoms with Crippen LogP contribution in [0.15, 0.2) is 47.3 Å². The van der Waals surface area contributed by atoms with Gasteiger partial charge in [-0.1, -0.05) is 24.3 Å². The molecule has 0 radical (unpaired) electrons. The molecule has 0 aliphatic rings. The molecule has 0 aliphatic carbocycles. The maximum Gasteiger partial charge on any atom is 0.328 e. The second-order valence-electron chi connectivity index (χ2n) is 4.34. The number of hydrogen-bond acceptors (Lipinski definition) is 3. The smallest absolute Gasteiger partial charge is 0.328 e. The fourth-order valence-electron chi connectivity index (χ4n) is 1.83. The zero-order valence-corrected chi connectivity index (χ0v) is 11.0. The third kappa shape index (κ3) is 3.41. The van der Waals surface area contributed by atoms with Crippen LogP contribution in [0.25, 0.3) is 6.08 Å². The van der Waals surface area contributed by atoms with E-state index in [1.54, 1.807) is 12.1 Å². The maximum absolute atomic E-state index is 11.7. The molecule has 0 spiro atoms. The zero-order valence-electron chi connectivity index (χ0n) is 11.0. The van der Waals surface area contributed by atoms with Gasteiger partial charge in [0.25, 0.3) is 5.56 Å². The van der Waals surface area contributed by atoms with Crippen molar-refractivity contribution in [3.63, 3.8) is 0 Å². The summed E-state index contributed by atoms with van der Waals surface area (Å²) < 4.78 is 1.36. The molecule has 1 heterocycles. The molecule has 0 unspecified atom stereocenters. The molecule has 5 heteroatoms. The molecule has 0 saturated heterocycles. The van der Waals surface area contributed by atoms with Gasteiger partial charge in [-0.2, -0.15) is 5.10 Å². The molecule has 2 rings (SSSR count). The van der Waals surface area contributed by atoms with Gasteiger partial charge in [0.15, 0.2) is 0 Å². The lowest BCUT2D eigenvalue weighted by atomic mass is 10.1. The van der Waals surface area contributed by atoms with Crippen LogP contribution >= 0.6 is 0 Å². The van der Waals surface area contributed by atoms with Crippen molar-refractivity contribution in [1.82, 2.24) is 9.78 Å². The Morgan fingerprint density at radius 3 is 2.80 bits per heavy atom. The summed E-state index contributed by atoms with van der Waals surface area (Å²) in [6.07, 6.45) is 2.59. The summed E-state index contributed by atoms with van der Waals surface area (Å²) >= 11 is 0. The van der Waals surface area contributed by atoms with Crippen molar-refractivity contribution in [2.45, 2.75) is 13.5 Å². The van der Waals surface area contributed by atoms with Gasteiger partial charge in [-0.15, -0.1) is 0 Å². The van der Waals surface area contributed by atoms with Crippen LogP contribution in [0.4, 0.5) is 0 Å². The molecule has 0 saturated carbocycles. The van der Waals surface area contributed by atoms with Crippen molar-refractivity contribution in [2.75, 3.05) is 0 Å². The second kappa shape index (κ2) is 5.97. The second-order valence-corrected chi connectivity index (χ2v) is 4.34. The van der Waals surface area contributed by atoms with Crippen molar-refractivity contribution >= 4 is 12.0 Å². The lowest BCUT2D eigenvalue weighted by molar-refractivity contribution is -0.131. The van der Waals surface area contributed by atoms with Gasteiger partial charge in [0.2, 0.25) is 0 Å². The molecular weight excluding hydrogens is 256 g/mol. The minimum atomic E-state index is -1.01. The predicted octanol–water partition coefficient (Wildman–Crippen LogP) is 1.70. The summed E-state index contributed by atoms with van der Waals surface area (Å²) in [7, 11) is 0. The minimum Gasteiger partial charge on any atom is -0.478 e. The van der Waals surface area contributed by atoms with Gasteiger partial charge in [-0.05, 0) is 30.2 Å². The number of aromatic nitrogens is 2. The fourth-order valence-corrected chi connectivity index (χ4v) is 1.83. The van der Waals surface area contributed by atoms with Crippen LogP contribution in [0.5, 0.6) is 0 Å². The molecule has 0 amide bonds. The Kier molecular flexibility index (Phi) is 4.10. The van der Waals surface area contributed by atoms with Crippen LogP contribution in [-0.2, 0) is 11.3 Å². The van der Waals surface area contributed by atoms with Crippen molar-refractivity contribution < 1.29 is 9.90 Å². The lowest BCUT2D eigenvalue weighted by Gasteiger charge is -2.08. The number of nitrogens with zero attached hydrogens (tertiary/aromatic N) is 2. The average Bonchev–Trinajstić information content (AvgIpc) is 2.42. The summed E-state index contributed by atoms with van der Waals surface area (Å²) in [4.78, 5) is 22.3. The topological polar surface area (TPSA) is 72.2 Å². The standard InChI is InChI=1S/C15H14N2O3/c1-11-6-8-14(18)17(16-11)10-13-5-3-2-4-12(13)7-9-15(19)20/h2-9H,10H2,1H3,(H,19,20). The predicted molar refractivity (Wildman–Crippen MR) is 75.4 cm³/mol. The summed E-state index contributed by atoms with van der Waals surface area (Å²) in [5.74, 6) is -1.01. The van der Waals surface area contributed by atoms with E-state index in [-0.39, 0.29) is 5.56 Å². The first-order chi connectivity index (χ1) is 9.56. The van der Waals surface area contributed by atoms with Crippen LogP contribution in [0.2, 0.25) is 0 Å². The first-order valence-corrected chi connectivity index (χ1v) is 6.10. The molecule has 102 valence electrons. The zero-order chi connectivity index (χ0) is 14.5. The Bertz CT molecular complexity index is 717. The Balaban J connectivity index is 2.36. The lowest BCUT2D eigenvalue weighted by Crippen LogP contribution is -2.23. The summed E-state index contributed by atoms with van der Waals surface area (Å²) in [5, 5.41) is 12.8. The van der Waals surface area contributed by atoms with Gasteiger partial charge < -0.3 is 5.11 Å². The van der Waals surface area contributed by atoms with Gasteiger partial charge >= 0.3 is 5.97 Å². The van der Waals surface area contributed by atoms with Crippen molar-refractivity contribution in [3.8, 4) is 0 Å². The molecule has 0 aliphatic heterocycles. The van der Waals surface area contributed by atoms with Crippen LogP contribution in [-0.4, -0.2) is 20.9 Å². The largest absolute Gasteiger partial charge is 0.478 e. The number of hydrogen-bond donors (Lipinski definition) is 1.